The number of rotatable bonds is 1. The molecule has 0 aromatic carbocycles. The van der Waals surface area contributed by atoms with Crippen molar-refractivity contribution in [3.63, 3.8) is 0 Å². The van der Waals surface area contributed by atoms with Crippen molar-refractivity contribution >= 4 is 6.09 Å². The molecule has 1 heterocycles. The van der Waals surface area contributed by atoms with Crippen molar-refractivity contribution in [2.75, 3.05) is 6.61 Å². The Bertz CT molecular complexity index is 219. The van der Waals surface area contributed by atoms with Crippen LogP contribution in [-0.4, -0.2) is 39.9 Å². The van der Waals surface area contributed by atoms with E-state index in [2.05, 4.69) is 0 Å². The predicted molar refractivity (Wildman–Crippen MR) is 46.5 cm³/mol. The third-order valence-corrected chi connectivity index (χ3v) is 3.38. The lowest BCUT2D eigenvalue weighted by Crippen LogP contribution is -2.41. The van der Waals surface area contributed by atoms with Crippen molar-refractivity contribution in [2.24, 2.45) is 5.92 Å². The van der Waals surface area contributed by atoms with E-state index >= 15 is 0 Å². The molecule has 1 amide bonds. The Morgan fingerprint density at radius 2 is 2.23 bits per heavy atom. The Morgan fingerprint density at radius 1 is 1.46 bits per heavy atom. The Hall–Kier alpha value is -0.770. The number of aliphatic hydroxyl groups excluding tert-OH is 1. The monoisotopic (exact) mass is 185 g/mol. The predicted octanol–water partition coefficient (Wildman–Crippen LogP) is 0.900. The SMILES string of the molecule is O=C(O)N1[C@H](CO)C[C@@H]2CCC[C@@H]21. The van der Waals surface area contributed by atoms with E-state index in [1.807, 2.05) is 0 Å². The van der Waals surface area contributed by atoms with Gasteiger partial charge in [0.2, 0.25) is 0 Å². The van der Waals surface area contributed by atoms with E-state index in [0.717, 1.165) is 25.7 Å². The Morgan fingerprint density at radius 3 is 2.85 bits per heavy atom. The van der Waals surface area contributed by atoms with Gasteiger partial charge < -0.3 is 10.2 Å². The highest BCUT2D eigenvalue weighted by Crippen LogP contribution is 2.40. The summed E-state index contributed by atoms with van der Waals surface area (Å²) in [6.07, 6.45) is 3.23. The van der Waals surface area contributed by atoms with Crippen LogP contribution in [0.15, 0.2) is 0 Å². The number of hydrogen-bond acceptors (Lipinski definition) is 2. The van der Waals surface area contributed by atoms with Crippen LogP contribution in [0.2, 0.25) is 0 Å². The number of amides is 1. The van der Waals surface area contributed by atoms with E-state index < -0.39 is 6.09 Å². The van der Waals surface area contributed by atoms with E-state index in [1.165, 1.54) is 4.90 Å². The quantitative estimate of drug-likeness (QED) is 0.638. The summed E-state index contributed by atoms with van der Waals surface area (Å²) in [5.41, 5.74) is 0. The van der Waals surface area contributed by atoms with Crippen LogP contribution >= 0.6 is 0 Å². The van der Waals surface area contributed by atoms with Gasteiger partial charge in [-0.1, -0.05) is 6.42 Å². The molecule has 0 spiro atoms. The van der Waals surface area contributed by atoms with Gasteiger partial charge in [-0.05, 0) is 25.2 Å². The number of likely N-dealkylation sites (tertiary alicyclic amines) is 1. The Labute approximate surface area is 77.2 Å². The van der Waals surface area contributed by atoms with Gasteiger partial charge in [0.1, 0.15) is 0 Å². The maximum atomic E-state index is 10.9. The second kappa shape index (κ2) is 3.18. The van der Waals surface area contributed by atoms with Gasteiger partial charge in [-0.25, -0.2) is 4.79 Å². The van der Waals surface area contributed by atoms with Crippen LogP contribution < -0.4 is 0 Å². The first-order valence-corrected chi connectivity index (χ1v) is 4.86. The van der Waals surface area contributed by atoms with Crippen molar-refractivity contribution < 1.29 is 15.0 Å². The molecule has 2 fully saturated rings. The van der Waals surface area contributed by atoms with E-state index in [1.54, 1.807) is 0 Å². The molecule has 4 heteroatoms. The first-order valence-electron chi connectivity index (χ1n) is 4.86. The van der Waals surface area contributed by atoms with Gasteiger partial charge in [-0.3, -0.25) is 4.90 Å². The Balaban J connectivity index is 2.14. The summed E-state index contributed by atoms with van der Waals surface area (Å²) in [7, 11) is 0. The molecule has 0 unspecified atom stereocenters. The number of aliphatic hydroxyl groups is 1. The number of carbonyl (C=O) groups is 1. The number of fused-ring (bicyclic) bond motifs is 1. The molecule has 1 aliphatic carbocycles. The molecule has 0 aromatic heterocycles. The largest absolute Gasteiger partial charge is 0.465 e. The van der Waals surface area contributed by atoms with Crippen LogP contribution in [0.25, 0.3) is 0 Å². The number of nitrogens with zero attached hydrogens (tertiary/aromatic N) is 1. The van der Waals surface area contributed by atoms with Crippen molar-refractivity contribution in [1.82, 2.24) is 4.90 Å². The molecule has 4 nitrogen and oxygen atoms in total. The highest BCUT2D eigenvalue weighted by Gasteiger charge is 2.45. The lowest BCUT2D eigenvalue weighted by molar-refractivity contribution is 0.0987. The van der Waals surface area contributed by atoms with Crippen LogP contribution in [0.3, 0.4) is 0 Å². The van der Waals surface area contributed by atoms with E-state index in [-0.39, 0.29) is 18.7 Å². The summed E-state index contributed by atoms with van der Waals surface area (Å²) >= 11 is 0. The standard InChI is InChI=1S/C9H15NO3/c11-5-7-4-6-2-1-3-8(6)10(7)9(12)13/h6-8,11H,1-5H2,(H,12,13)/t6-,7-,8-/m0/s1. The average molecular weight is 185 g/mol. The maximum Gasteiger partial charge on any atom is 0.407 e. The second-order valence-electron chi connectivity index (χ2n) is 4.02. The molecule has 1 saturated carbocycles. The summed E-state index contributed by atoms with van der Waals surface area (Å²) in [4.78, 5) is 12.4. The fraction of sp³-hybridized carbons (Fsp3) is 0.889. The second-order valence-corrected chi connectivity index (χ2v) is 4.02. The lowest BCUT2D eigenvalue weighted by atomic mass is 10.0. The molecule has 0 aromatic rings. The smallest absolute Gasteiger partial charge is 0.407 e. The molecule has 2 N–H and O–H groups in total. The van der Waals surface area contributed by atoms with Gasteiger partial charge in [0.25, 0.3) is 0 Å². The summed E-state index contributed by atoms with van der Waals surface area (Å²) in [5.74, 6) is 0.508. The van der Waals surface area contributed by atoms with Crippen molar-refractivity contribution in [1.29, 1.82) is 0 Å². The van der Waals surface area contributed by atoms with Gasteiger partial charge in [-0.15, -0.1) is 0 Å². The molecule has 1 aliphatic heterocycles. The minimum atomic E-state index is -0.867. The molecule has 2 rings (SSSR count). The first kappa shape index (κ1) is 8.81. The molecule has 3 atom stereocenters. The molecule has 0 bridgehead atoms. The third kappa shape index (κ3) is 1.29. The van der Waals surface area contributed by atoms with Gasteiger partial charge in [0.15, 0.2) is 0 Å². The topological polar surface area (TPSA) is 60.8 Å². The zero-order chi connectivity index (χ0) is 9.42. The van der Waals surface area contributed by atoms with E-state index in [9.17, 15) is 4.79 Å². The molecule has 74 valence electrons. The van der Waals surface area contributed by atoms with Crippen LogP contribution in [-0.2, 0) is 0 Å². The van der Waals surface area contributed by atoms with Gasteiger partial charge in [-0.2, -0.15) is 0 Å². The fourth-order valence-corrected chi connectivity index (χ4v) is 2.85. The van der Waals surface area contributed by atoms with Crippen molar-refractivity contribution in [3.05, 3.63) is 0 Å². The molecule has 1 saturated heterocycles. The van der Waals surface area contributed by atoms with Crippen LogP contribution in [0.4, 0.5) is 4.79 Å². The summed E-state index contributed by atoms with van der Waals surface area (Å²) < 4.78 is 0. The van der Waals surface area contributed by atoms with Crippen LogP contribution in [0.5, 0.6) is 0 Å². The summed E-state index contributed by atoms with van der Waals surface area (Å²) in [5, 5.41) is 18.0. The number of carboxylic acid groups (broad SMARTS) is 1. The minimum Gasteiger partial charge on any atom is -0.465 e. The Kier molecular flexibility index (Phi) is 2.15. The van der Waals surface area contributed by atoms with Gasteiger partial charge in [0, 0.05) is 6.04 Å². The van der Waals surface area contributed by atoms with Crippen molar-refractivity contribution in [3.8, 4) is 0 Å². The van der Waals surface area contributed by atoms with E-state index in [0.29, 0.717) is 5.92 Å². The molecular formula is C9H15NO3. The van der Waals surface area contributed by atoms with E-state index in [4.69, 9.17) is 10.2 Å². The van der Waals surface area contributed by atoms with Gasteiger partial charge in [0.05, 0.1) is 12.6 Å². The fourth-order valence-electron chi connectivity index (χ4n) is 2.85. The highest BCUT2D eigenvalue weighted by molar-refractivity contribution is 5.66. The van der Waals surface area contributed by atoms with Crippen LogP contribution in [0.1, 0.15) is 25.7 Å². The summed E-state index contributed by atoms with van der Waals surface area (Å²) in [6, 6.07) is 0.0439. The summed E-state index contributed by atoms with van der Waals surface area (Å²) in [6.45, 7) is -0.0285. The highest BCUT2D eigenvalue weighted by atomic mass is 16.4. The molecular weight excluding hydrogens is 170 g/mol. The molecule has 2 aliphatic rings. The maximum absolute atomic E-state index is 10.9. The van der Waals surface area contributed by atoms with Crippen molar-refractivity contribution in [2.45, 2.75) is 37.8 Å². The number of hydrogen-bond donors (Lipinski definition) is 2. The van der Waals surface area contributed by atoms with Crippen LogP contribution in [0, 0.1) is 5.92 Å². The first-order chi connectivity index (χ1) is 6.24. The van der Waals surface area contributed by atoms with Gasteiger partial charge >= 0.3 is 6.09 Å². The minimum absolute atomic E-state index is 0.0285. The zero-order valence-corrected chi connectivity index (χ0v) is 7.52. The average Bonchev–Trinajstić information content (AvgIpc) is 2.59. The normalized spacial score (nSPS) is 37.9. The molecule has 13 heavy (non-hydrogen) atoms. The zero-order valence-electron chi connectivity index (χ0n) is 7.52. The molecule has 0 radical (unpaired) electrons. The third-order valence-electron chi connectivity index (χ3n) is 3.38. The lowest BCUT2D eigenvalue weighted by Gasteiger charge is -2.25.